The lowest BCUT2D eigenvalue weighted by Gasteiger charge is -2.18. The predicted molar refractivity (Wildman–Crippen MR) is 59.9 cm³/mol. The van der Waals surface area contributed by atoms with E-state index in [1.807, 2.05) is 13.8 Å². The zero-order valence-electron chi connectivity index (χ0n) is 10.2. The van der Waals surface area contributed by atoms with Crippen LogP contribution in [-0.4, -0.2) is 41.2 Å². The Labute approximate surface area is 98.6 Å². The van der Waals surface area contributed by atoms with Crippen LogP contribution in [0.4, 0.5) is 4.79 Å². The van der Waals surface area contributed by atoms with Crippen LogP contribution in [0.1, 0.15) is 13.8 Å². The summed E-state index contributed by atoms with van der Waals surface area (Å²) in [6, 6.07) is 0.263. The number of amides is 1. The molecule has 0 saturated carbocycles. The van der Waals surface area contributed by atoms with E-state index in [2.05, 4.69) is 25.4 Å². The number of carbonyl (C=O) groups is 1. The largest absolute Gasteiger partial charge is 0.466 e. The second kappa shape index (κ2) is 5.28. The minimum absolute atomic E-state index is 0.263. The Hall–Kier alpha value is -2.12. The van der Waals surface area contributed by atoms with Crippen molar-refractivity contribution >= 4 is 12.3 Å². The fraction of sp³-hybridized carbons (Fsp3) is 0.556. The first kappa shape index (κ1) is 12.9. The Morgan fingerprint density at radius 3 is 2.88 bits per heavy atom. The molecule has 0 radical (unpaired) electrons. The van der Waals surface area contributed by atoms with Crippen LogP contribution in [0, 0.1) is 0 Å². The van der Waals surface area contributed by atoms with Crippen LogP contribution in [0.5, 0.6) is 6.01 Å². The average molecular weight is 241 g/mol. The topological polar surface area (TPSA) is 90.6 Å². The van der Waals surface area contributed by atoms with Gasteiger partial charge in [0.2, 0.25) is 0 Å². The molecule has 0 aromatic carbocycles. The fourth-order valence-corrected chi connectivity index (χ4v) is 0.927. The third-order valence-corrected chi connectivity index (χ3v) is 1.95. The van der Waals surface area contributed by atoms with Gasteiger partial charge >= 0.3 is 12.1 Å². The van der Waals surface area contributed by atoms with E-state index in [1.54, 1.807) is 4.68 Å². The summed E-state index contributed by atoms with van der Waals surface area (Å²) in [7, 11) is 2.93. The van der Waals surface area contributed by atoms with Crippen LogP contribution in [-0.2, 0) is 10.4 Å². The highest BCUT2D eigenvalue weighted by Crippen LogP contribution is 2.12. The van der Waals surface area contributed by atoms with Gasteiger partial charge in [-0.05, 0) is 13.8 Å². The minimum Gasteiger partial charge on any atom is -0.466 e. The van der Waals surface area contributed by atoms with Crippen molar-refractivity contribution in [2.75, 3.05) is 14.2 Å². The second-order valence-electron chi connectivity index (χ2n) is 3.69. The highest BCUT2D eigenvalue weighted by Gasteiger charge is 2.20. The van der Waals surface area contributed by atoms with Crippen LogP contribution >= 0.6 is 0 Å². The summed E-state index contributed by atoms with van der Waals surface area (Å²) in [6.07, 6.45) is 2.31. The van der Waals surface area contributed by atoms with E-state index in [-0.39, 0.29) is 6.01 Å². The van der Waals surface area contributed by atoms with Gasteiger partial charge in [0.15, 0.2) is 0 Å². The standard InChI is InChI=1S/C9H15N5O3/c1-9(2,5-12-17-8(15)10-3)14-6-11-7(13-14)16-4/h5-6H,1-4H3,(H,10,15). The number of nitrogens with zero attached hydrogens (tertiary/aromatic N) is 4. The number of oxime groups is 1. The molecule has 8 heteroatoms. The molecule has 17 heavy (non-hydrogen) atoms. The lowest BCUT2D eigenvalue weighted by atomic mass is 10.1. The van der Waals surface area contributed by atoms with Gasteiger partial charge in [0, 0.05) is 7.05 Å². The summed E-state index contributed by atoms with van der Waals surface area (Å²) in [6.45, 7) is 3.66. The second-order valence-corrected chi connectivity index (χ2v) is 3.69. The zero-order valence-corrected chi connectivity index (χ0v) is 10.2. The van der Waals surface area contributed by atoms with E-state index in [1.165, 1.54) is 26.7 Å². The Morgan fingerprint density at radius 1 is 1.65 bits per heavy atom. The Morgan fingerprint density at radius 2 is 2.35 bits per heavy atom. The molecule has 0 spiro atoms. The number of nitrogens with one attached hydrogen (secondary N) is 1. The first-order valence-corrected chi connectivity index (χ1v) is 4.89. The van der Waals surface area contributed by atoms with Gasteiger partial charge in [0.1, 0.15) is 6.33 Å². The van der Waals surface area contributed by atoms with Crippen molar-refractivity contribution in [3.05, 3.63) is 6.33 Å². The Balaban J connectivity index is 2.70. The Bertz CT molecular complexity index is 413. The molecule has 0 aliphatic carbocycles. The number of hydrogen-bond acceptors (Lipinski definition) is 6. The van der Waals surface area contributed by atoms with Crippen LogP contribution in [0.15, 0.2) is 11.5 Å². The van der Waals surface area contributed by atoms with E-state index in [0.29, 0.717) is 0 Å². The van der Waals surface area contributed by atoms with Gasteiger partial charge in [0.25, 0.3) is 0 Å². The van der Waals surface area contributed by atoms with Crippen molar-refractivity contribution in [1.82, 2.24) is 20.1 Å². The van der Waals surface area contributed by atoms with E-state index in [9.17, 15) is 4.79 Å². The maximum absolute atomic E-state index is 10.8. The van der Waals surface area contributed by atoms with Crippen molar-refractivity contribution in [2.45, 2.75) is 19.4 Å². The van der Waals surface area contributed by atoms with Crippen molar-refractivity contribution in [2.24, 2.45) is 5.16 Å². The van der Waals surface area contributed by atoms with Gasteiger partial charge in [-0.15, -0.1) is 5.10 Å². The molecule has 1 aromatic rings. The molecule has 0 aliphatic heterocycles. The third-order valence-electron chi connectivity index (χ3n) is 1.95. The van der Waals surface area contributed by atoms with E-state index in [0.717, 1.165) is 0 Å². The third kappa shape index (κ3) is 3.44. The van der Waals surface area contributed by atoms with Gasteiger partial charge in [-0.3, -0.25) is 4.84 Å². The predicted octanol–water partition coefficient (Wildman–Crippen LogP) is 0.364. The number of aromatic nitrogens is 3. The van der Waals surface area contributed by atoms with Gasteiger partial charge < -0.3 is 10.1 Å². The molecule has 0 atom stereocenters. The van der Waals surface area contributed by atoms with Crippen LogP contribution < -0.4 is 10.1 Å². The van der Waals surface area contributed by atoms with E-state index in [4.69, 9.17) is 4.74 Å². The van der Waals surface area contributed by atoms with Crippen molar-refractivity contribution < 1.29 is 14.4 Å². The van der Waals surface area contributed by atoms with Gasteiger partial charge in [-0.1, -0.05) is 5.16 Å². The van der Waals surface area contributed by atoms with Gasteiger partial charge in [0.05, 0.1) is 18.9 Å². The normalized spacial score (nSPS) is 11.5. The smallest absolute Gasteiger partial charge is 0.433 e. The summed E-state index contributed by atoms with van der Waals surface area (Å²) in [5.74, 6) is 0. The SMILES string of the molecule is CNC(=O)ON=CC(C)(C)n1cnc(OC)n1. The molecule has 0 fully saturated rings. The van der Waals surface area contributed by atoms with E-state index < -0.39 is 11.6 Å². The quantitative estimate of drug-likeness (QED) is 0.467. The summed E-state index contributed by atoms with van der Waals surface area (Å²) < 4.78 is 6.41. The highest BCUT2D eigenvalue weighted by molar-refractivity contribution is 5.70. The molecule has 94 valence electrons. The molecule has 1 rings (SSSR count). The molecule has 1 aromatic heterocycles. The van der Waals surface area contributed by atoms with Crippen LogP contribution in [0.2, 0.25) is 0 Å². The summed E-state index contributed by atoms with van der Waals surface area (Å²) >= 11 is 0. The lowest BCUT2D eigenvalue weighted by Crippen LogP contribution is -2.29. The summed E-state index contributed by atoms with van der Waals surface area (Å²) in [5, 5.41) is 9.89. The average Bonchev–Trinajstić information content (AvgIpc) is 2.77. The molecule has 1 N–H and O–H groups in total. The fourth-order valence-electron chi connectivity index (χ4n) is 0.927. The van der Waals surface area contributed by atoms with Crippen molar-refractivity contribution in [3.8, 4) is 6.01 Å². The van der Waals surface area contributed by atoms with Crippen LogP contribution in [0.3, 0.4) is 0 Å². The summed E-state index contributed by atoms with van der Waals surface area (Å²) in [5.41, 5.74) is -0.586. The highest BCUT2D eigenvalue weighted by atomic mass is 16.7. The molecular formula is C9H15N5O3. The number of hydrogen-bond donors (Lipinski definition) is 1. The zero-order chi connectivity index (χ0) is 12.9. The number of ether oxygens (including phenoxy) is 1. The summed E-state index contributed by atoms with van der Waals surface area (Å²) in [4.78, 5) is 19.2. The molecule has 0 unspecified atom stereocenters. The molecule has 0 aliphatic rings. The molecule has 0 bridgehead atoms. The minimum atomic E-state index is -0.631. The number of rotatable bonds is 4. The molecule has 8 nitrogen and oxygen atoms in total. The van der Waals surface area contributed by atoms with Gasteiger partial charge in [-0.2, -0.15) is 4.98 Å². The molecule has 1 amide bonds. The van der Waals surface area contributed by atoms with Gasteiger partial charge in [-0.25, -0.2) is 9.48 Å². The maximum Gasteiger partial charge on any atom is 0.433 e. The van der Waals surface area contributed by atoms with Crippen molar-refractivity contribution in [1.29, 1.82) is 0 Å². The number of methoxy groups -OCH3 is 1. The first-order valence-electron chi connectivity index (χ1n) is 4.89. The van der Waals surface area contributed by atoms with Crippen molar-refractivity contribution in [3.63, 3.8) is 0 Å². The molecule has 1 heterocycles. The lowest BCUT2D eigenvalue weighted by molar-refractivity contribution is 0.152. The van der Waals surface area contributed by atoms with Crippen LogP contribution in [0.25, 0.3) is 0 Å². The first-order chi connectivity index (χ1) is 7.99. The van der Waals surface area contributed by atoms with E-state index >= 15 is 0 Å². The monoisotopic (exact) mass is 241 g/mol. The molecular weight excluding hydrogens is 226 g/mol. The molecule has 0 saturated heterocycles. The Kier molecular flexibility index (Phi) is 4.02. The number of carbonyl (C=O) groups excluding carboxylic acids is 1. The maximum atomic E-state index is 10.8.